The summed E-state index contributed by atoms with van der Waals surface area (Å²) in [6, 6.07) is 14.3. The predicted octanol–water partition coefficient (Wildman–Crippen LogP) is 3.72. The first-order chi connectivity index (χ1) is 13.3. The summed E-state index contributed by atoms with van der Waals surface area (Å²) in [6.45, 7) is 2.90. The van der Waals surface area contributed by atoms with Crippen LogP contribution in [-0.4, -0.2) is 37.9 Å². The summed E-state index contributed by atoms with van der Waals surface area (Å²) in [5, 5.41) is 10.2. The van der Waals surface area contributed by atoms with Crippen molar-refractivity contribution in [3.63, 3.8) is 0 Å². The van der Waals surface area contributed by atoms with E-state index in [1.807, 2.05) is 27.1 Å². The van der Waals surface area contributed by atoms with Gasteiger partial charge in [0, 0.05) is 18.1 Å². The first-order valence-corrected chi connectivity index (χ1v) is 10.8. The summed E-state index contributed by atoms with van der Waals surface area (Å²) in [7, 11) is 0.396. The minimum absolute atomic E-state index is 0.270. The number of aromatic nitrogens is 1. The molecule has 144 valence electrons. The zero-order chi connectivity index (χ0) is 20.1. The van der Waals surface area contributed by atoms with Crippen molar-refractivity contribution in [1.29, 1.82) is 5.26 Å². The van der Waals surface area contributed by atoms with Gasteiger partial charge in [0.15, 0.2) is 0 Å². The van der Waals surface area contributed by atoms with Gasteiger partial charge in [-0.1, -0.05) is 17.7 Å². The predicted molar refractivity (Wildman–Crippen MR) is 110 cm³/mol. The van der Waals surface area contributed by atoms with E-state index in [0.717, 1.165) is 29.5 Å². The van der Waals surface area contributed by atoms with Crippen LogP contribution >= 0.6 is 0 Å². The second kappa shape index (κ2) is 6.77. The van der Waals surface area contributed by atoms with Crippen LogP contribution in [0.5, 0.6) is 0 Å². The van der Waals surface area contributed by atoms with E-state index in [1.54, 1.807) is 42.6 Å². The Morgan fingerprint density at radius 1 is 1.18 bits per heavy atom. The van der Waals surface area contributed by atoms with E-state index in [1.165, 1.54) is 3.97 Å². The zero-order valence-corrected chi connectivity index (χ0v) is 17.1. The van der Waals surface area contributed by atoms with Gasteiger partial charge < -0.3 is 4.90 Å². The Kier molecular flexibility index (Phi) is 4.53. The van der Waals surface area contributed by atoms with E-state index in [4.69, 9.17) is 0 Å². The standard InChI is InChI=1S/C22H23N3O2S/c1-15-4-7-18(8-5-15)28(26,27)25-14-21(19-11-17(19)13-24(2)3)20-10-16(12-23)6-9-22(20)25/h4-10,14,17,19H,11,13H2,1-3H3/t17-,19+/m0/s1. The fourth-order valence-corrected chi connectivity index (χ4v) is 5.29. The van der Waals surface area contributed by atoms with Crippen molar-refractivity contribution in [2.75, 3.05) is 20.6 Å². The molecule has 1 heterocycles. The SMILES string of the molecule is Cc1ccc(S(=O)(=O)n2cc([C@@H]3C[C@H]3CN(C)C)c3cc(C#N)ccc32)cc1. The summed E-state index contributed by atoms with van der Waals surface area (Å²) in [4.78, 5) is 2.43. The van der Waals surface area contributed by atoms with Crippen LogP contribution in [0, 0.1) is 24.2 Å². The first-order valence-electron chi connectivity index (χ1n) is 9.33. The maximum atomic E-state index is 13.3. The Labute approximate surface area is 165 Å². The molecule has 1 fully saturated rings. The number of benzene rings is 2. The van der Waals surface area contributed by atoms with Crippen LogP contribution in [0.3, 0.4) is 0 Å². The zero-order valence-electron chi connectivity index (χ0n) is 16.3. The first kappa shape index (κ1) is 18.7. The summed E-state index contributed by atoms with van der Waals surface area (Å²) in [5.41, 5.74) is 3.21. The molecule has 0 aliphatic heterocycles. The van der Waals surface area contributed by atoms with Crippen LogP contribution in [-0.2, 0) is 10.0 Å². The molecule has 0 bridgehead atoms. The molecular weight excluding hydrogens is 370 g/mol. The molecule has 3 aromatic rings. The van der Waals surface area contributed by atoms with Crippen LogP contribution in [0.15, 0.2) is 53.6 Å². The Bertz CT molecular complexity index is 1180. The molecule has 1 aliphatic rings. The van der Waals surface area contributed by atoms with Crippen molar-refractivity contribution in [3.05, 3.63) is 65.4 Å². The van der Waals surface area contributed by atoms with Gasteiger partial charge in [0.05, 0.1) is 22.0 Å². The monoisotopic (exact) mass is 393 g/mol. The third-order valence-corrected chi connectivity index (χ3v) is 7.12. The molecule has 5 nitrogen and oxygen atoms in total. The maximum Gasteiger partial charge on any atom is 0.268 e. The summed E-state index contributed by atoms with van der Waals surface area (Å²) < 4.78 is 28.0. The van der Waals surface area contributed by atoms with Crippen molar-refractivity contribution in [2.45, 2.75) is 24.2 Å². The van der Waals surface area contributed by atoms with E-state index < -0.39 is 10.0 Å². The van der Waals surface area contributed by atoms with Crippen LogP contribution in [0.2, 0.25) is 0 Å². The van der Waals surface area contributed by atoms with E-state index in [9.17, 15) is 13.7 Å². The normalized spacial score (nSPS) is 19.1. The lowest BCUT2D eigenvalue weighted by Crippen LogP contribution is -2.15. The largest absolute Gasteiger partial charge is 0.309 e. The van der Waals surface area contributed by atoms with E-state index in [0.29, 0.717) is 22.9 Å². The van der Waals surface area contributed by atoms with E-state index in [2.05, 4.69) is 11.0 Å². The minimum atomic E-state index is -3.70. The number of hydrogen-bond donors (Lipinski definition) is 0. The Morgan fingerprint density at radius 2 is 1.89 bits per heavy atom. The molecule has 0 radical (unpaired) electrons. The molecule has 0 unspecified atom stereocenters. The van der Waals surface area contributed by atoms with Gasteiger partial charge in [-0.3, -0.25) is 0 Å². The van der Waals surface area contributed by atoms with Gasteiger partial charge in [0.2, 0.25) is 0 Å². The number of nitriles is 1. The molecule has 1 aromatic heterocycles. The van der Waals surface area contributed by atoms with Gasteiger partial charge in [-0.15, -0.1) is 0 Å². The summed E-state index contributed by atoms with van der Waals surface area (Å²) >= 11 is 0. The maximum absolute atomic E-state index is 13.3. The minimum Gasteiger partial charge on any atom is -0.309 e. The van der Waals surface area contributed by atoms with Crippen molar-refractivity contribution in [2.24, 2.45) is 5.92 Å². The highest BCUT2D eigenvalue weighted by molar-refractivity contribution is 7.90. The number of nitrogens with zero attached hydrogens (tertiary/aromatic N) is 3. The Hall–Kier alpha value is -2.62. The van der Waals surface area contributed by atoms with Gasteiger partial charge in [-0.2, -0.15) is 5.26 Å². The molecule has 6 heteroatoms. The fraction of sp³-hybridized carbons (Fsp3) is 0.318. The second-order valence-corrected chi connectivity index (χ2v) is 9.72. The third-order valence-electron chi connectivity index (χ3n) is 5.43. The lowest BCUT2D eigenvalue weighted by atomic mass is 10.1. The van der Waals surface area contributed by atoms with E-state index in [-0.39, 0.29) is 4.90 Å². The Morgan fingerprint density at radius 3 is 2.54 bits per heavy atom. The highest BCUT2D eigenvalue weighted by atomic mass is 32.2. The molecule has 2 atom stereocenters. The lowest BCUT2D eigenvalue weighted by molar-refractivity contribution is 0.385. The van der Waals surface area contributed by atoms with Gasteiger partial charge in [0.25, 0.3) is 10.0 Å². The topological polar surface area (TPSA) is 66.1 Å². The van der Waals surface area contributed by atoms with Crippen LogP contribution in [0.4, 0.5) is 0 Å². The van der Waals surface area contributed by atoms with Crippen molar-refractivity contribution in [3.8, 4) is 6.07 Å². The van der Waals surface area contributed by atoms with Crippen molar-refractivity contribution >= 4 is 20.9 Å². The van der Waals surface area contributed by atoms with E-state index >= 15 is 0 Å². The third kappa shape index (κ3) is 3.21. The second-order valence-electron chi connectivity index (χ2n) is 7.91. The molecule has 0 amide bonds. The number of aryl methyl sites for hydroxylation is 1. The summed E-state index contributed by atoms with van der Waals surface area (Å²) in [5.74, 6) is 0.843. The fourth-order valence-electron chi connectivity index (χ4n) is 3.91. The molecular formula is C22H23N3O2S. The van der Waals surface area contributed by atoms with Crippen LogP contribution in [0.25, 0.3) is 10.9 Å². The van der Waals surface area contributed by atoms with Gasteiger partial charge in [-0.25, -0.2) is 12.4 Å². The smallest absolute Gasteiger partial charge is 0.268 e. The average molecular weight is 394 g/mol. The molecule has 28 heavy (non-hydrogen) atoms. The van der Waals surface area contributed by atoms with Crippen LogP contribution < -0.4 is 0 Å². The molecule has 2 aromatic carbocycles. The molecule has 4 rings (SSSR count). The molecule has 0 saturated heterocycles. The number of hydrogen-bond acceptors (Lipinski definition) is 4. The molecule has 1 aliphatic carbocycles. The van der Waals surface area contributed by atoms with Gasteiger partial charge in [-0.05, 0) is 75.2 Å². The lowest BCUT2D eigenvalue weighted by Gasteiger charge is -2.08. The highest BCUT2D eigenvalue weighted by Crippen LogP contribution is 2.50. The molecule has 0 spiro atoms. The quantitative estimate of drug-likeness (QED) is 0.663. The van der Waals surface area contributed by atoms with Crippen LogP contribution in [0.1, 0.15) is 29.0 Å². The van der Waals surface area contributed by atoms with Gasteiger partial charge >= 0.3 is 0 Å². The molecule has 1 saturated carbocycles. The Balaban J connectivity index is 1.86. The summed E-state index contributed by atoms with van der Waals surface area (Å²) in [6.07, 6.45) is 2.81. The number of fused-ring (bicyclic) bond motifs is 1. The molecule has 0 N–H and O–H groups in total. The number of rotatable bonds is 5. The highest BCUT2D eigenvalue weighted by Gasteiger charge is 2.40. The van der Waals surface area contributed by atoms with Crippen molar-refractivity contribution in [1.82, 2.24) is 8.87 Å². The van der Waals surface area contributed by atoms with Crippen molar-refractivity contribution < 1.29 is 8.42 Å². The average Bonchev–Trinajstić information content (AvgIpc) is 3.29. The van der Waals surface area contributed by atoms with Gasteiger partial charge in [0.1, 0.15) is 0 Å².